The maximum absolute atomic E-state index is 11.8. The number of carbonyl (C=O) groups excluding carboxylic acids is 1. The molecule has 120 valence electrons. The van der Waals surface area contributed by atoms with E-state index in [9.17, 15) is 9.90 Å². The average Bonchev–Trinajstić information content (AvgIpc) is 3.20. The molecule has 3 atom stereocenters. The second kappa shape index (κ2) is 6.66. The number of aliphatic hydroxyl groups is 1. The van der Waals surface area contributed by atoms with E-state index < -0.39 is 0 Å². The van der Waals surface area contributed by atoms with Gasteiger partial charge in [0.2, 0.25) is 5.91 Å². The molecule has 2 aliphatic carbocycles. The zero-order valence-corrected chi connectivity index (χ0v) is 13.3. The number of aliphatic hydroxyl groups excluding tert-OH is 1. The third kappa shape index (κ3) is 4.19. The Morgan fingerprint density at radius 2 is 2.00 bits per heavy atom. The summed E-state index contributed by atoms with van der Waals surface area (Å²) in [5.41, 5.74) is 0. The zero-order valence-electron chi connectivity index (χ0n) is 13.3. The molecule has 0 aromatic rings. The Morgan fingerprint density at radius 1 is 1.24 bits per heavy atom. The summed E-state index contributed by atoms with van der Waals surface area (Å²) < 4.78 is 0. The topological polar surface area (TPSA) is 52.6 Å². The molecule has 1 heterocycles. The third-order valence-corrected chi connectivity index (χ3v) is 5.64. The third-order valence-electron chi connectivity index (χ3n) is 5.64. The van der Waals surface area contributed by atoms with E-state index in [-0.39, 0.29) is 12.0 Å². The molecular formula is C17H30N2O2. The normalized spacial score (nSPS) is 31.8. The number of nitrogens with one attached hydrogen (secondary N) is 1. The fourth-order valence-corrected chi connectivity index (χ4v) is 3.82. The molecule has 0 bridgehead atoms. The molecule has 3 unspecified atom stereocenters. The highest BCUT2D eigenvalue weighted by atomic mass is 16.3. The van der Waals surface area contributed by atoms with E-state index in [1.807, 2.05) is 4.90 Å². The van der Waals surface area contributed by atoms with Gasteiger partial charge in [-0.1, -0.05) is 6.42 Å². The number of nitrogens with zero attached hydrogens (tertiary/aromatic N) is 1. The molecule has 0 aromatic heterocycles. The van der Waals surface area contributed by atoms with Gasteiger partial charge < -0.3 is 15.3 Å². The van der Waals surface area contributed by atoms with Gasteiger partial charge in [-0.2, -0.15) is 0 Å². The fourth-order valence-electron chi connectivity index (χ4n) is 3.82. The molecule has 1 amide bonds. The molecule has 2 saturated carbocycles. The second-order valence-corrected chi connectivity index (χ2v) is 7.57. The summed E-state index contributed by atoms with van der Waals surface area (Å²) in [5.74, 6) is 2.03. The molecule has 1 saturated heterocycles. The minimum absolute atomic E-state index is 0.144. The first-order valence-electron chi connectivity index (χ1n) is 8.78. The smallest absolute Gasteiger partial charge is 0.219 e. The van der Waals surface area contributed by atoms with Crippen LogP contribution in [0.5, 0.6) is 0 Å². The molecule has 3 aliphatic rings. The van der Waals surface area contributed by atoms with Crippen molar-refractivity contribution in [3.63, 3.8) is 0 Å². The van der Waals surface area contributed by atoms with E-state index in [1.165, 1.54) is 32.1 Å². The van der Waals surface area contributed by atoms with Crippen molar-refractivity contribution in [1.29, 1.82) is 0 Å². The van der Waals surface area contributed by atoms with Crippen LogP contribution in [0, 0.1) is 17.8 Å². The minimum Gasteiger partial charge on any atom is -0.393 e. The Bertz CT molecular complexity index is 366. The van der Waals surface area contributed by atoms with Crippen LogP contribution < -0.4 is 5.32 Å². The lowest BCUT2D eigenvalue weighted by Crippen LogP contribution is -2.52. The van der Waals surface area contributed by atoms with E-state index in [2.05, 4.69) is 5.32 Å². The average molecular weight is 294 g/mol. The molecule has 0 aromatic carbocycles. The van der Waals surface area contributed by atoms with E-state index in [0.29, 0.717) is 17.9 Å². The molecule has 4 nitrogen and oxygen atoms in total. The number of carbonyl (C=O) groups is 1. The molecule has 1 aliphatic heterocycles. The van der Waals surface area contributed by atoms with Gasteiger partial charge in [-0.15, -0.1) is 0 Å². The van der Waals surface area contributed by atoms with Crippen molar-refractivity contribution in [2.75, 3.05) is 19.6 Å². The largest absolute Gasteiger partial charge is 0.393 e. The van der Waals surface area contributed by atoms with Crippen molar-refractivity contribution in [3.05, 3.63) is 0 Å². The summed E-state index contributed by atoms with van der Waals surface area (Å²) in [6.45, 7) is 4.45. The summed E-state index contributed by atoms with van der Waals surface area (Å²) in [4.78, 5) is 13.7. The van der Waals surface area contributed by atoms with Gasteiger partial charge in [-0.05, 0) is 62.8 Å². The number of hydrogen-bond donors (Lipinski definition) is 2. The maximum Gasteiger partial charge on any atom is 0.219 e. The van der Waals surface area contributed by atoms with Crippen molar-refractivity contribution < 1.29 is 9.90 Å². The summed E-state index contributed by atoms with van der Waals surface area (Å²) in [6.07, 6.45) is 8.32. The predicted molar refractivity (Wildman–Crippen MR) is 82.8 cm³/mol. The van der Waals surface area contributed by atoms with E-state index >= 15 is 0 Å². The maximum atomic E-state index is 11.8. The highest BCUT2D eigenvalue weighted by Crippen LogP contribution is 2.36. The lowest BCUT2D eigenvalue weighted by molar-refractivity contribution is -0.131. The van der Waals surface area contributed by atoms with Gasteiger partial charge in [0.1, 0.15) is 0 Å². The Hall–Kier alpha value is -0.610. The lowest BCUT2D eigenvalue weighted by Gasteiger charge is -2.39. The molecular weight excluding hydrogens is 264 g/mol. The van der Waals surface area contributed by atoms with Crippen LogP contribution in [-0.2, 0) is 4.79 Å². The van der Waals surface area contributed by atoms with Gasteiger partial charge in [-0.3, -0.25) is 4.79 Å². The van der Waals surface area contributed by atoms with Crippen LogP contribution in [0.1, 0.15) is 51.9 Å². The minimum atomic E-state index is -0.144. The van der Waals surface area contributed by atoms with Crippen LogP contribution in [0.2, 0.25) is 0 Å². The number of piperidine rings is 1. The highest BCUT2D eigenvalue weighted by Gasteiger charge is 2.35. The van der Waals surface area contributed by atoms with Crippen molar-refractivity contribution in [3.8, 4) is 0 Å². The van der Waals surface area contributed by atoms with Gasteiger partial charge in [0.25, 0.3) is 0 Å². The van der Waals surface area contributed by atoms with Crippen LogP contribution in [0.3, 0.4) is 0 Å². The van der Waals surface area contributed by atoms with Gasteiger partial charge in [-0.25, -0.2) is 0 Å². The molecule has 0 radical (unpaired) electrons. The van der Waals surface area contributed by atoms with Crippen molar-refractivity contribution in [1.82, 2.24) is 10.2 Å². The SMILES string of the molecule is CC(=O)N1CC(CC(O)C2CC2)CC(NCC2CCC2)C1. The fraction of sp³-hybridized carbons (Fsp3) is 0.941. The second-order valence-electron chi connectivity index (χ2n) is 7.57. The molecule has 3 rings (SSSR count). The van der Waals surface area contributed by atoms with Gasteiger partial charge in [0.15, 0.2) is 0 Å². The van der Waals surface area contributed by atoms with Gasteiger partial charge in [0.05, 0.1) is 6.10 Å². The number of amides is 1. The first-order valence-corrected chi connectivity index (χ1v) is 8.78. The standard InChI is InChI=1S/C17H30N2O2/c1-12(20)19-10-14(8-17(21)15-5-6-15)7-16(11-19)18-9-13-3-2-4-13/h13-18,21H,2-11H2,1H3. The van der Waals surface area contributed by atoms with Gasteiger partial charge >= 0.3 is 0 Å². The molecule has 4 heteroatoms. The Labute approximate surface area is 128 Å². The monoisotopic (exact) mass is 294 g/mol. The van der Waals surface area contributed by atoms with E-state index in [4.69, 9.17) is 0 Å². The van der Waals surface area contributed by atoms with Crippen LogP contribution in [0.15, 0.2) is 0 Å². The number of hydrogen-bond acceptors (Lipinski definition) is 3. The predicted octanol–water partition coefficient (Wildman–Crippen LogP) is 1.77. The molecule has 2 N–H and O–H groups in total. The lowest BCUT2D eigenvalue weighted by atomic mass is 9.84. The Kier molecular flexibility index (Phi) is 4.85. The van der Waals surface area contributed by atoms with Crippen LogP contribution >= 0.6 is 0 Å². The number of likely N-dealkylation sites (tertiary alicyclic amines) is 1. The van der Waals surface area contributed by atoms with Crippen molar-refractivity contribution in [2.24, 2.45) is 17.8 Å². The van der Waals surface area contributed by atoms with Crippen molar-refractivity contribution >= 4 is 5.91 Å². The Morgan fingerprint density at radius 3 is 2.57 bits per heavy atom. The number of rotatable bonds is 6. The summed E-state index contributed by atoms with van der Waals surface area (Å²) in [6, 6.07) is 0.416. The first kappa shape index (κ1) is 15.3. The zero-order chi connectivity index (χ0) is 14.8. The van der Waals surface area contributed by atoms with Crippen LogP contribution in [0.4, 0.5) is 0 Å². The summed E-state index contributed by atoms with van der Waals surface area (Å²) in [7, 11) is 0. The molecule has 21 heavy (non-hydrogen) atoms. The van der Waals surface area contributed by atoms with Crippen LogP contribution in [-0.4, -0.2) is 47.7 Å². The first-order chi connectivity index (χ1) is 10.1. The van der Waals surface area contributed by atoms with E-state index in [1.54, 1.807) is 6.92 Å². The Balaban J connectivity index is 1.50. The summed E-state index contributed by atoms with van der Waals surface area (Å²) in [5, 5.41) is 13.9. The molecule has 0 spiro atoms. The van der Waals surface area contributed by atoms with E-state index in [0.717, 1.165) is 38.4 Å². The quantitative estimate of drug-likeness (QED) is 0.785. The van der Waals surface area contributed by atoms with Crippen molar-refractivity contribution in [2.45, 2.75) is 64.0 Å². The highest BCUT2D eigenvalue weighted by molar-refractivity contribution is 5.73. The van der Waals surface area contributed by atoms with Gasteiger partial charge in [0, 0.05) is 26.1 Å². The summed E-state index contributed by atoms with van der Waals surface area (Å²) >= 11 is 0. The molecule has 3 fully saturated rings. The van der Waals surface area contributed by atoms with Crippen LogP contribution in [0.25, 0.3) is 0 Å².